The number of thioether (sulfide) groups is 1. The van der Waals surface area contributed by atoms with E-state index in [0.717, 1.165) is 18.0 Å². The summed E-state index contributed by atoms with van der Waals surface area (Å²) in [5, 5.41) is -0.784. The molecule has 0 amide bonds. The number of anilines is 1. The molecule has 1 aromatic heterocycles. The van der Waals surface area contributed by atoms with Crippen LogP contribution in [-0.4, -0.2) is 55.0 Å². The number of sulfonamides is 1. The highest BCUT2D eigenvalue weighted by atomic mass is 32.2. The molecule has 0 aromatic carbocycles. The van der Waals surface area contributed by atoms with E-state index >= 15 is 0 Å². The number of hydrazine groups is 1. The number of nitrogens with two attached hydrogens (primary N) is 1. The van der Waals surface area contributed by atoms with Crippen LogP contribution in [0.25, 0.3) is 5.70 Å². The Labute approximate surface area is 160 Å². The Morgan fingerprint density at radius 3 is 2.56 bits per heavy atom. The van der Waals surface area contributed by atoms with Gasteiger partial charge in [-0.05, 0) is 13.8 Å². The summed E-state index contributed by atoms with van der Waals surface area (Å²) >= 11 is 0.937. The molecule has 1 atom stereocenters. The third kappa shape index (κ3) is 5.08. The van der Waals surface area contributed by atoms with Crippen LogP contribution in [0.5, 0.6) is 0 Å². The Morgan fingerprint density at radius 2 is 1.96 bits per heavy atom. The van der Waals surface area contributed by atoms with Crippen LogP contribution < -0.4 is 16.0 Å². The molecule has 0 bridgehead atoms. The van der Waals surface area contributed by atoms with Gasteiger partial charge >= 0.3 is 11.9 Å². The third-order valence-electron chi connectivity index (χ3n) is 3.17. The number of nitrogens with zero attached hydrogens (tertiary/aromatic N) is 2. The summed E-state index contributed by atoms with van der Waals surface area (Å²) in [5.41, 5.74) is 8.71. The lowest BCUT2D eigenvalue weighted by Crippen LogP contribution is -2.33. The minimum Gasteiger partial charge on any atom is -0.465 e. The highest BCUT2D eigenvalue weighted by Crippen LogP contribution is 2.40. The SMILES string of the molecule is CCOC(=O)C1=C(N)c2cnc(NNS(C)(=O)=O)nc2SC1C(=O)OCC. The molecule has 27 heavy (non-hydrogen) atoms. The summed E-state index contributed by atoms with van der Waals surface area (Å²) in [7, 11) is -3.53. The number of hydrogen-bond donors (Lipinski definition) is 3. The largest absolute Gasteiger partial charge is 0.465 e. The van der Waals surface area contributed by atoms with Crippen LogP contribution in [0.4, 0.5) is 5.95 Å². The molecule has 0 radical (unpaired) electrons. The summed E-state index contributed by atoms with van der Waals surface area (Å²) < 4.78 is 32.3. The van der Waals surface area contributed by atoms with Crippen molar-refractivity contribution in [3.8, 4) is 0 Å². The molecule has 1 aliphatic rings. The standard InChI is InChI=1S/C14H19N5O6S2/c1-4-24-12(20)8-9(15)7-6-16-14(18-19-27(3,22)23)17-11(7)26-10(8)13(21)25-5-2/h6,10,19H,4-5,15H2,1-3H3,(H,16,17,18). The van der Waals surface area contributed by atoms with Crippen molar-refractivity contribution in [3.05, 3.63) is 17.3 Å². The maximum Gasteiger partial charge on any atom is 0.337 e. The first-order valence-electron chi connectivity index (χ1n) is 7.78. The van der Waals surface area contributed by atoms with E-state index in [-0.39, 0.29) is 35.5 Å². The summed E-state index contributed by atoms with van der Waals surface area (Å²) in [6.07, 6.45) is 2.27. The average Bonchev–Trinajstić information content (AvgIpc) is 2.59. The molecule has 0 spiro atoms. The zero-order chi connectivity index (χ0) is 20.2. The summed E-state index contributed by atoms with van der Waals surface area (Å²) in [6.45, 7) is 3.50. The number of hydrogen-bond acceptors (Lipinski definition) is 11. The highest BCUT2D eigenvalue weighted by Gasteiger charge is 2.39. The van der Waals surface area contributed by atoms with E-state index in [4.69, 9.17) is 15.2 Å². The molecule has 2 heterocycles. The van der Waals surface area contributed by atoms with E-state index in [1.54, 1.807) is 13.8 Å². The molecule has 148 valence electrons. The van der Waals surface area contributed by atoms with E-state index in [9.17, 15) is 18.0 Å². The fraction of sp³-hybridized carbons (Fsp3) is 0.429. The maximum atomic E-state index is 12.3. The zero-order valence-corrected chi connectivity index (χ0v) is 16.4. The molecule has 0 aliphatic carbocycles. The first-order chi connectivity index (χ1) is 12.7. The Balaban J connectivity index is 2.44. The van der Waals surface area contributed by atoms with E-state index < -0.39 is 27.2 Å². The second kappa shape index (κ2) is 8.54. The second-order valence-electron chi connectivity index (χ2n) is 5.21. The molecule has 1 unspecified atom stereocenters. The lowest BCUT2D eigenvalue weighted by Gasteiger charge is -2.25. The minimum absolute atomic E-state index is 0.00266. The molecule has 11 nitrogen and oxygen atoms in total. The van der Waals surface area contributed by atoms with E-state index in [0.29, 0.717) is 5.56 Å². The maximum absolute atomic E-state index is 12.3. The number of carbonyl (C=O) groups is 2. The highest BCUT2D eigenvalue weighted by molar-refractivity contribution is 8.01. The van der Waals surface area contributed by atoms with Crippen molar-refractivity contribution in [2.45, 2.75) is 24.1 Å². The van der Waals surface area contributed by atoms with Gasteiger partial charge in [0.25, 0.3) is 0 Å². The van der Waals surface area contributed by atoms with Crippen molar-refractivity contribution in [1.29, 1.82) is 0 Å². The molecular formula is C14H19N5O6S2. The van der Waals surface area contributed by atoms with Gasteiger partial charge < -0.3 is 15.2 Å². The summed E-state index contributed by atoms with van der Waals surface area (Å²) in [4.78, 5) is 34.7. The number of carbonyl (C=O) groups excluding carboxylic acids is 2. The van der Waals surface area contributed by atoms with Crippen molar-refractivity contribution in [2.75, 3.05) is 24.9 Å². The Hall–Kier alpha value is -2.38. The van der Waals surface area contributed by atoms with E-state index in [1.165, 1.54) is 6.20 Å². The molecule has 0 saturated carbocycles. The zero-order valence-electron chi connectivity index (χ0n) is 14.8. The van der Waals surface area contributed by atoms with Crippen LogP contribution in [0.15, 0.2) is 16.8 Å². The normalized spacial score (nSPS) is 16.5. The Kier molecular flexibility index (Phi) is 6.62. The van der Waals surface area contributed by atoms with Crippen LogP contribution in [0.2, 0.25) is 0 Å². The average molecular weight is 417 g/mol. The van der Waals surface area contributed by atoms with Gasteiger partial charge in [-0.3, -0.25) is 10.2 Å². The van der Waals surface area contributed by atoms with Gasteiger partial charge in [0.15, 0.2) is 0 Å². The van der Waals surface area contributed by atoms with E-state index in [2.05, 4.69) is 15.4 Å². The van der Waals surface area contributed by atoms with E-state index in [1.807, 2.05) is 4.83 Å². The fourth-order valence-corrected chi connectivity index (χ4v) is 3.54. The van der Waals surface area contributed by atoms with Crippen molar-refractivity contribution in [1.82, 2.24) is 14.8 Å². The smallest absolute Gasteiger partial charge is 0.337 e. The molecular weight excluding hydrogens is 398 g/mol. The first kappa shape index (κ1) is 20.9. The van der Waals surface area contributed by atoms with Crippen LogP contribution in [0, 0.1) is 0 Å². The molecule has 1 aliphatic heterocycles. The van der Waals surface area contributed by atoms with Gasteiger partial charge in [0.2, 0.25) is 16.0 Å². The summed E-state index contributed by atoms with van der Waals surface area (Å²) in [5.74, 6) is -1.45. The van der Waals surface area contributed by atoms with Crippen LogP contribution in [0.1, 0.15) is 19.4 Å². The van der Waals surface area contributed by atoms with Gasteiger partial charge in [0.1, 0.15) is 10.3 Å². The lowest BCUT2D eigenvalue weighted by atomic mass is 10.1. The molecule has 0 fully saturated rings. The molecule has 1 aromatic rings. The Morgan fingerprint density at radius 1 is 1.30 bits per heavy atom. The Bertz CT molecular complexity index is 886. The number of ether oxygens (including phenoxy) is 2. The van der Waals surface area contributed by atoms with Crippen LogP contribution >= 0.6 is 11.8 Å². The van der Waals surface area contributed by atoms with Gasteiger partial charge in [0, 0.05) is 11.8 Å². The monoisotopic (exact) mass is 417 g/mol. The predicted octanol–water partition coefficient (Wildman–Crippen LogP) is -0.377. The van der Waals surface area contributed by atoms with Crippen molar-refractivity contribution in [3.63, 3.8) is 0 Å². The predicted molar refractivity (Wildman–Crippen MR) is 97.7 cm³/mol. The number of rotatable bonds is 7. The first-order valence-corrected chi connectivity index (χ1v) is 10.5. The summed E-state index contributed by atoms with van der Waals surface area (Å²) in [6, 6.07) is 0. The second-order valence-corrected chi connectivity index (χ2v) is 8.05. The number of nitrogens with one attached hydrogen (secondary N) is 2. The number of aromatic nitrogens is 2. The lowest BCUT2D eigenvalue weighted by molar-refractivity contribution is -0.145. The van der Waals surface area contributed by atoms with Gasteiger partial charge in [-0.1, -0.05) is 11.8 Å². The number of esters is 2. The molecule has 13 heteroatoms. The van der Waals surface area contributed by atoms with Crippen molar-refractivity contribution >= 4 is 45.4 Å². The van der Waals surface area contributed by atoms with Gasteiger partial charge in [-0.25, -0.2) is 23.2 Å². The molecule has 4 N–H and O–H groups in total. The molecule has 2 rings (SSSR count). The quantitative estimate of drug-likeness (QED) is 0.301. The van der Waals surface area contributed by atoms with Crippen molar-refractivity contribution < 1.29 is 27.5 Å². The number of fused-ring (bicyclic) bond motifs is 1. The van der Waals surface area contributed by atoms with Gasteiger partial charge in [-0.15, -0.1) is 4.83 Å². The third-order valence-corrected chi connectivity index (χ3v) is 4.84. The van der Waals surface area contributed by atoms with Crippen LogP contribution in [0.3, 0.4) is 0 Å². The van der Waals surface area contributed by atoms with Crippen LogP contribution in [-0.2, 0) is 29.1 Å². The minimum atomic E-state index is -3.53. The topological polar surface area (TPSA) is 163 Å². The molecule has 0 saturated heterocycles. The van der Waals surface area contributed by atoms with Gasteiger partial charge in [-0.2, -0.15) is 0 Å². The van der Waals surface area contributed by atoms with Crippen molar-refractivity contribution in [2.24, 2.45) is 5.73 Å². The fourth-order valence-electron chi connectivity index (χ4n) is 2.11. The van der Waals surface area contributed by atoms with Gasteiger partial charge in [0.05, 0.1) is 30.7 Å².